The van der Waals surface area contributed by atoms with Gasteiger partial charge in [0.1, 0.15) is 16.8 Å². The lowest BCUT2D eigenvalue weighted by atomic mass is 10.1. The monoisotopic (exact) mass is 364 g/mol. The highest BCUT2D eigenvalue weighted by atomic mass is 32.2. The Morgan fingerprint density at radius 2 is 2.00 bits per heavy atom. The minimum Gasteiger partial charge on any atom is -0.497 e. The number of ether oxygens (including phenoxy) is 1. The normalized spacial score (nSPS) is 16.2. The maximum atomic E-state index is 5.95. The molecule has 1 aromatic heterocycles. The van der Waals surface area contributed by atoms with E-state index in [1.54, 1.807) is 18.9 Å². The maximum Gasteiger partial charge on any atom is 0.151 e. The molecule has 0 amide bonds. The van der Waals surface area contributed by atoms with Gasteiger partial charge in [0.15, 0.2) is 5.76 Å². The van der Waals surface area contributed by atoms with Crippen LogP contribution < -0.4 is 15.4 Å². The van der Waals surface area contributed by atoms with Crippen molar-refractivity contribution < 1.29 is 9.15 Å². The summed E-state index contributed by atoms with van der Waals surface area (Å²) in [4.78, 5) is 0. The molecule has 0 aliphatic carbocycles. The highest BCUT2D eigenvalue weighted by Gasteiger charge is 2.21. The van der Waals surface area contributed by atoms with Crippen LogP contribution in [0, 0.1) is 6.92 Å². The van der Waals surface area contributed by atoms with E-state index in [9.17, 15) is 0 Å². The molecule has 4 rings (SSSR count). The molecule has 0 fully saturated rings. The van der Waals surface area contributed by atoms with Gasteiger partial charge in [0.2, 0.25) is 0 Å². The fourth-order valence-electron chi connectivity index (χ4n) is 2.82. The number of rotatable bonds is 5. The van der Waals surface area contributed by atoms with Gasteiger partial charge >= 0.3 is 0 Å². The standard InChI is InChI=1S/C21H20N2O2S/c1-13-4-6-15(7-5-13)14(2)22-21-23-18(12-26-21)20-11-16-10-17(24-3)8-9-19(16)25-20/h4-12,21-23H,2H2,1,3H3. The number of methoxy groups -OCH3 is 1. The smallest absolute Gasteiger partial charge is 0.151 e. The zero-order valence-corrected chi connectivity index (χ0v) is 15.5. The molecule has 0 bridgehead atoms. The van der Waals surface area contributed by atoms with Gasteiger partial charge < -0.3 is 19.8 Å². The van der Waals surface area contributed by atoms with Crippen LogP contribution in [0.3, 0.4) is 0 Å². The minimum atomic E-state index is 0.0153. The third-order valence-corrected chi connectivity index (χ3v) is 5.18. The molecule has 1 aliphatic rings. The zero-order chi connectivity index (χ0) is 18.1. The van der Waals surface area contributed by atoms with E-state index in [0.717, 1.165) is 39.4 Å². The molecule has 0 spiro atoms. The second kappa shape index (κ2) is 6.84. The van der Waals surface area contributed by atoms with Crippen molar-refractivity contribution in [2.24, 2.45) is 0 Å². The summed E-state index contributed by atoms with van der Waals surface area (Å²) in [5.41, 5.74) is 5.02. The Morgan fingerprint density at radius 3 is 2.77 bits per heavy atom. The van der Waals surface area contributed by atoms with Crippen LogP contribution in [0.4, 0.5) is 0 Å². The Bertz CT molecular complexity index is 989. The second-order valence-corrected chi connectivity index (χ2v) is 7.17. The summed E-state index contributed by atoms with van der Waals surface area (Å²) in [7, 11) is 1.66. The van der Waals surface area contributed by atoms with Gasteiger partial charge in [0, 0.05) is 16.5 Å². The summed E-state index contributed by atoms with van der Waals surface area (Å²) >= 11 is 1.66. The maximum absolute atomic E-state index is 5.95. The molecule has 3 aromatic rings. The Hall–Kier alpha value is -2.79. The third-order valence-electron chi connectivity index (χ3n) is 4.30. The molecular weight excluding hydrogens is 344 g/mol. The fraction of sp³-hybridized carbons (Fsp3) is 0.143. The number of nitrogens with one attached hydrogen (secondary N) is 2. The van der Waals surface area contributed by atoms with Gasteiger partial charge in [-0.2, -0.15) is 0 Å². The van der Waals surface area contributed by atoms with E-state index >= 15 is 0 Å². The predicted molar refractivity (Wildman–Crippen MR) is 109 cm³/mol. The zero-order valence-electron chi connectivity index (χ0n) is 14.7. The Labute approximate surface area is 156 Å². The van der Waals surface area contributed by atoms with Crippen molar-refractivity contribution in [1.29, 1.82) is 0 Å². The molecule has 0 saturated carbocycles. The summed E-state index contributed by atoms with van der Waals surface area (Å²) in [5.74, 6) is 1.63. The van der Waals surface area contributed by atoms with Gasteiger partial charge in [-0.1, -0.05) is 48.2 Å². The fourth-order valence-corrected chi connectivity index (χ4v) is 3.68. The van der Waals surface area contributed by atoms with Crippen LogP contribution in [0.1, 0.15) is 16.9 Å². The molecule has 132 valence electrons. The van der Waals surface area contributed by atoms with Crippen molar-refractivity contribution in [3.63, 3.8) is 0 Å². The van der Waals surface area contributed by atoms with Crippen molar-refractivity contribution in [2.75, 3.05) is 7.11 Å². The van der Waals surface area contributed by atoms with E-state index in [4.69, 9.17) is 9.15 Å². The SMILES string of the molecule is C=C(NC1NC(c2cc3cc(OC)ccc3o2)=CS1)c1ccc(C)cc1. The first-order valence-electron chi connectivity index (χ1n) is 8.35. The van der Waals surface area contributed by atoms with Crippen molar-refractivity contribution in [3.8, 4) is 5.75 Å². The molecule has 0 saturated heterocycles. The lowest BCUT2D eigenvalue weighted by Crippen LogP contribution is -2.33. The Morgan fingerprint density at radius 1 is 1.19 bits per heavy atom. The van der Waals surface area contributed by atoms with Crippen molar-refractivity contribution in [1.82, 2.24) is 10.6 Å². The first kappa shape index (κ1) is 16.7. The van der Waals surface area contributed by atoms with Crippen LogP contribution in [0.15, 0.2) is 64.9 Å². The summed E-state index contributed by atoms with van der Waals surface area (Å²) < 4.78 is 11.2. The van der Waals surface area contributed by atoms with Crippen molar-refractivity contribution in [2.45, 2.75) is 12.4 Å². The predicted octanol–water partition coefficient (Wildman–Crippen LogP) is 4.93. The van der Waals surface area contributed by atoms with Crippen LogP contribution in [0.5, 0.6) is 5.75 Å². The molecule has 2 N–H and O–H groups in total. The van der Waals surface area contributed by atoms with E-state index < -0.39 is 0 Å². The van der Waals surface area contributed by atoms with Crippen LogP contribution in [-0.4, -0.2) is 12.6 Å². The molecule has 0 radical (unpaired) electrons. The molecular formula is C21H20N2O2S. The summed E-state index contributed by atoms with van der Waals surface area (Å²) in [6, 6.07) is 16.1. The summed E-state index contributed by atoms with van der Waals surface area (Å²) in [6.07, 6.45) is 0. The number of fused-ring (bicyclic) bond motifs is 1. The van der Waals surface area contributed by atoms with Gasteiger partial charge in [0.25, 0.3) is 0 Å². The van der Waals surface area contributed by atoms with Crippen molar-refractivity contribution >= 4 is 34.1 Å². The largest absolute Gasteiger partial charge is 0.497 e. The quantitative estimate of drug-likeness (QED) is 0.672. The molecule has 2 aromatic carbocycles. The summed E-state index contributed by atoms with van der Waals surface area (Å²) in [5, 5.41) is 9.93. The number of furan rings is 1. The van der Waals surface area contributed by atoms with E-state index in [0.29, 0.717) is 0 Å². The second-order valence-electron chi connectivity index (χ2n) is 6.20. The average molecular weight is 364 g/mol. The van der Waals surface area contributed by atoms with E-state index in [2.05, 4.69) is 53.8 Å². The van der Waals surface area contributed by atoms with Crippen molar-refractivity contribution in [3.05, 3.63) is 77.4 Å². The number of thioether (sulfide) groups is 1. The van der Waals surface area contributed by atoms with Gasteiger partial charge in [-0.25, -0.2) is 0 Å². The highest BCUT2D eigenvalue weighted by Crippen LogP contribution is 2.32. The first-order chi connectivity index (χ1) is 12.6. The first-order valence-corrected chi connectivity index (χ1v) is 9.29. The lowest BCUT2D eigenvalue weighted by Gasteiger charge is -2.17. The number of benzene rings is 2. The number of aryl methyl sites for hydroxylation is 1. The topological polar surface area (TPSA) is 46.4 Å². The molecule has 1 unspecified atom stereocenters. The number of hydrogen-bond donors (Lipinski definition) is 2. The molecule has 5 heteroatoms. The highest BCUT2D eigenvalue weighted by molar-refractivity contribution is 8.03. The Kier molecular flexibility index (Phi) is 4.39. The van der Waals surface area contributed by atoms with Gasteiger partial charge in [-0.15, -0.1) is 0 Å². The van der Waals surface area contributed by atoms with Crippen LogP contribution in [-0.2, 0) is 0 Å². The van der Waals surface area contributed by atoms with Gasteiger partial charge in [-0.05, 0) is 36.8 Å². The molecule has 1 atom stereocenters. The molecule has 26 heavy (non-hydrogen) atoms. The van der Waals surface area contributed by atoms with Gasteiger partial charge in [-0.3, -0.25) is 0 Å². The summed E-state index contributed by atoms with van der Waals surface area (Å²) in [6.45, 7) is 6.22. The Balaban J connectivity index is 1.44. The van der Waals surface area contributed by atoms with E-state index in [1.807, 2.05) is 24.3 Å². The molecule has 2 heterocycles. The average Bonchev–Trinajstić information content (AvgIpc) is 3.28. The van der Waals surface area contributed by atoms with Crippen LogP contribution in [0.25, 0.3) is 22.4 Å². The van der Waals surface area contributed by atoms with Crippen LogP contribution >= 0.6 is 11.8 Å². The van der Waals surface area contributed by atoms with E-state index in [1.165, 1.54) is 5.56 Å². The molecule has 1 aliphatic heterocycles. The van der Waals surface area contributed by atoms with E-state index in [-0.39, 0.29) is 5.50 Å². The lowest BCUT2D eigenvalue weighted by molar-refractivity contribution is 0.415. The minimum absolute atomic E-state index is 0.0153. The molecule has 4 nitrogen and oxygen atoms in total. The number of hydrogen-bond acceptors (Lipinski definition) is 5. The van der Waals surface area contributed by atoms with Crippen LogP contribution in [0.2, 0.25) is 0 Å². The third kappa shape index (κ3) is 3.30. The van der Waals surface area contributed by atoms with Gasteiger partial charge in [0.05, 0.1) is 12.8 Å².